The van der Waals surface area contributed by atoms with Gasteiger partial charge in [0.2, 0.25) is 5.91 Å². The van der Waals surface area contributed by atoms with Crippen LogP contribution in [0.1, 0.15) is 22.3 Å². The van der Waals surface area contributed by atoms with Crippen LogP contribution in [0.25, 0.3) is 11.1 Å². The second-order valence-electron chi connectivity index (χ2n) is 8.40. The number of methoxy groups -OCH3 is 2. The summed E-state index contributed by atoms with van der Waals surface area (Å²) in [6, 6.07) is 23.0. The quantitative estimate of drug-likeness (QED) is 0.599. The highest BCUT2D eigenvalue weighted by Crippen LogP contribution is 2.37. The summed E-state index contributed by atoms with van der Waals surface area (Å²) >= 11 is 0. The first kappa shape index (κ1) is 22.4. The molecule has 33 heavy (non-hydrogen) atoms. The highest BCUT2D eigenvalue weighted by Gasteiger charge is 2.45. The van der Waals surface area contributed by atoms with Crippen LogP contribution >= 0.6 is 0 Å². The maximum atomic E-state index is 13.1. The third-order valence-electron chi connectivity index (χ3n) is 6.42. The predicted octanol–water partition coefficient (Wildman–Crippen LogP) is 3.93. The second kappa shape index (κ2) is 9.36. The van der Waals surface area contributed by atoms with Crippen molar-refractivity contribution in [1.29, 1.82) is 0 Å². The van der Waals surface area contributed by atoms with Crippen LogP contribution in [0.2, 0.25) is 0 Å². The molecular formula is C27H28N2O4. The van der Waals surface area contributed by atoms with Crippen LogP contribution in [-0.4, -0.2) is 44.0 Å². The first-order valence-electron chi connectivity index (χ1n) is 10.9. The molecular weight excluding hydrogens is 416 g/mol. The molecule has 1 atom stereocenters. The van der Waals surface area contributed by atoms with Gasteiger partial charge in [0.1, 0.15) is 11.5 Å². The van der Waals surface area contributed by atoms with Gasteiger partial charge in [-0.25, -0.2) is 0 Å². The highest BCUT2D eigenvalue weighted by molar-refractivity contribution is 5.97. The average Bonchev–Trinajstić information content (AvgIpc) is 3.29. The fourth-order valence-corrected chi connectivity index (χ4v) is 4.55. The molecule has 2 amide bonds. The Morgan fingerprint density at radius 3 is 2.21 bits per heavy atom. The number of para-hydroxylation sites is 2. The lowest BCUT2D eigenvalue weighted by Crippen LogP contribution is -2.42. The molecule has 1 aliphatic rings. The van der Waals surface area contributed by atoms with Gasteiger partial charge in [-0.3, -0.25) is 9.59 Å². The number of hydrogen-bond donors (Lipinski definition) is 1. The maximum Gasteiger partial charge on any atom is 0.257 e. The van der Waals surface area contributed by atoms with Gasteiger partial charge in [0, 0.05) is 18.7 Å². The molecule has 0 spiro atoms. The van der Waals surface area contributed by atoms with Gasteiger partial charge in [0.15, 0.2) is 0 Å². The fraction of sp³-hybridized carbons (Fsp3) is 0.259. The summed E-state index contributed by atoms with van der Waals surface area (Å²) in [5.41, 5.74) is 8.60. The van der Waals surface area contributed by atoms with E-state index in [9.17, 15) is 9.59 Å². The Balaban J connectivity index is 1.54. The third kappa shape index (κ3) is 4.42. The summed E-state index contributed by atoms with van der Waals surface area (Å²) in [4.78, 5) is 27.4. The first-order valence-corrected chi connectivity index (χ1v) is 10.9. The van der Waals surface area contributed by atoms with E-state index in [0.717, 1.165) is 22.4 Å². The molecule has 0 aromatic heterocycles. The van der Waals surface area contributed by atoms with Crippen molar-refractivity contribution in [3.05, 3.63) is 83.9 Å². The molecule has 6 nitrogen and oxygen atoms in total. The van der Waals surface area contributed by atoms with Gasteiger partial charge in [-0.15, -0.1) is 0 Å². The van der Waals surface area contributed by atoms with Crippen molar-refractivity contribution in [3.63, 3.8) is 0 Å². The fourth-order valence-electron chi connectivity index (χ4n) is 4.55. The van der Waals surface area contributed by atoms with E-state index in [1.165, 1.54) is 0 Å². The number of nitrogens with zero attached hydrogens (tertiary/aromatic N) is 1. The molecule has 170 valence electrons. The number of carbonyl (C=O) groups excluding carboxylic acids is 2. The summed E-state index contributed by atoms with van der Waals surface area (Å²) < 4.78 is 10.8. The average molecular weight is 445 g/mol. The minimum Gasteiger partial charge on any atom is -0.496 e. The maximum absolute atomic E-state index is 13.1. The largest absolute Gasteiger partial charge is 0.496 e. The second-order valence-corrected chi connectivity index (χ2v) is 8.40. The van der Waals surface area contributed by atoms with Gasteiger partial charge >= 0.3 is 0 Å². The van der Waals surface area contributed by atoms with Crippen LogP contribution < -0.4 is 15.2 Å². The number of hydrogen-bond acceptors (Lipinski definition) is 4. The van der Waals surface area contributed by atoms with E-state index in [4.69, 9.17) is 15.2 Å². The number of nitrogens with two attached hydrogens (primary N) is 1. The number of carbonyl (C=O) groups is 2. The summed E-state index contributed by atoms with van der Waals surface area (Å²) in [5.74, 6) is 0.792. The molecule has 3 aromatic carbocycles. The molecule has 0 unspecified atom stereocenters. The number of benzene rings is 3. The van der Waals surface area contributed by atoms with Gasteiger partial charge in [-0.2, -0.15) is 0 Å². The summed E-state index contributed by atoms with van der Waals surface area (Å²) in [6.45, 7) is 0.757. The predicted molar refractivity (Wildman–Crippen MR) is 127 cm³/mol. The normalized spacial score (nSPS) is 17.6. The van der Waals surface area contributed by atoms with Crippen molar-refractivity contribution in [2.45, 2.75) is 12.8 Å². The number of rotatable bonds is 7. The Bertz CT molecular complexity index is 1160. The van der Waals surface area contributed by atoms with E-state index in [2.05, 4.69) is 0 Å². The van der Waals surface area contributed by atoms with Crippen LogP contribution in [0.5, 0.6) is 11.5 Å². The number of amides is 2. The molecule has 4 rings (SSSR count). The molecule has 6 heteroatoms. The zero-order valence-corrected chi connectivity index (χ0v) is 18.9. The molecule has 0 bridgehead atoms. The highest BCUT2D eigenvalue weighted by atomic mass is 16.5. The van der Waals surface area contributed by atoms with Crippen LogP contribution in [0.3, 0.4) is 0 Å². The molecule has 1 aliphatic heterocycles. The smallest absolute Gasteiger partial charge is 0.257 e. The van der Waals surface area contributed by atoms with Gasteiger partial charge in [0.25, 0.3) is 5.91 Å². The van der Waals surface area contributed by atoms with E-state index in [0.29, 0.717) is 30.7 Å². The van der Waals surface area contributed by atoms with Crippen molar-refractivity contribution in [2.75, 3.05) is 27.3 Å². The van der Waals surface area contributed by atoms with Gasteiger partial charge < -0.3 is 20.1 Å². The van der Waals surface area contributed by atoms with Crippen molar-refractivity contribution in [1.82, 2.24) is 4.90 Å². The van der Waals surface area contributed by atoms with E-state index in [1.807, 2.05) is 54.6 Å². The van der Waals surface area contributed by atoms with Gasteiger partial charge in [0.05, 0.1) is 25.2 Å². The Morgan fingerprint density at radius 1 is 0.909 bits per heavy atom. The topological polar surface area (TPSA) is 81.9 Å². The van der Waals surface area contributed by atoms with Crippen molar-refractivity contribution in [3.8, 4) is 22.6 Å². The molecule has 0 radical (unpaired) electrons. The van der Waals surface area contributed by atoms with Crippen LogP contribution in [0.15, 0.2) is 72.8 Å². The number of ether oxygens (including phenoxy) is 2. The van der Waals surface area contributed by atoms with Crippen molar-refractivity contribution >= 4 is 11.8 Å². The van der Waals surface area contributed by atoms with E-state index in [1.54, 1.807) is 37.3 Å². The lowest BCUT2D eigenvalue weighted by molar-refractivity contribution is -0.126. The zero-order chi connectivity index (χ0) is 23.4. The van der Waals surface area contributed by atoms with Crippen LogP contribution in [0.4, 0.5) is 0 Å². The van der Waals surface area contributed by atoms with Crippen LogP contribution in [-0.2, 0) is 11.2 Å². The summed E-state index contributed by atoms with van der Waals surface area (Å²) in [6.07, 6.45) is 1.00. The SMILES string of the molecule is COc1ccccc1C(=O)N1CC[C@](Cc2ccc(-c3ccccc3OC)cc2)(C(N)=O)C1. The molecule has 2 N–H and O–H groups in total. The molecule has 1 saturated heterocycles. The number of primary amides is 1. The summed E-state index contributed by atoms with van der Waals surface area (Å²) in [7, 11) is 3.19. The minimum atomic E-state index is -0.802. The molecule has 1 fully saturated rings. The Morgan fingerprint density at radius 2 is 1.55 bits per heavy atom. The Labute approximate surface area is 193 Å². The van der Waals surface area contributed by atoms with E-state index in [-0.39, 0.29) is 18.4 Å². The summed E-state index contributed by atoms with van der Waals surface area (Å²) in [5, 5.41) is 0. The Kier molecular flexibility index (Phi) is 6.36. The van der Waals surface area contributed by atoms with Crippen molar-refractivity contribution < 1.29 is 19.1 Å². The Hall–Kier alpha value is -3.80. The van der Waals surface area contributed by atoms with E-state index < -0.39 is 5.41 Å². The van der Waals surface area contributed by atoms with Gasteiger partial charge in [-0.05, 0) is 42.2 Å². The standard InChI is InChI=1S/C27H28N2O4/c1-32-23-9-5-3-7-21(23)20-13-11-19(12-14-20)17-27(26(28)31)15-16-29(18-27)25(30)22-8-4-6-10-24(22)33-2/h3-14H,15-18H2,1-2H3,(H2,28,31)/t27-/m1/s1. The molecule has 3 aromatic rings. The van der Waals surface area contributed by atoms with E-state index >= 15 is 0 Å². The zero-order valence-electron chi connectivity index (χ0n) is 18.9. The number of likely N-dealkylation sites (tertiary alicyclic amines) is 1. The third-order valence-corrected chi connectivity index (χ3v) is 6.42. The molecule has 1 heterocycles. The molecule has 0 aliphatic carbocycles. The van der Waals surface area contributed by atoms with Crippen LogP contribution in [0, 0.1) is 5.41 Å². The minimum absolute atomic E-state index is 0.151. The first-order chi connectivity index (χ1) is 16.0. The van der Waals surface area contributed by atoms with Gasteiger partial charge in [-0.1, -0.05) is 54.6 Å². The lowest BCUT2D eigenvalue weighted by atomic mass is 9.80. The van der Waals surface area contributed by atoms with Crippen molar-refractivity contribution in [2.24, 2.45) is 11.1 Å². The monoisotopic (exact) mass is 444 g/mol. The molecule has 0 saturated carbocycles. The lowest BCUT2D eigenvalue weighted by Gasteiger charge is -2.26.